The Balaban J connectivity index is 2.06. The van der Waals surface area contributed by atoms with Crippen molar-refractivity contribution < 1.29 is 9.13 Å². The Morgan fingerprint density at radius 3 is 2.81 bits per heavy atom. The maximum atomic E-state index is 13.5. The first-order valence-corrected chi connectivity index (χ1v) is 6.63. The van der Waals surface area contributed by atoms with Crippen molar-refractivity contribution in [3.05, 3.63) is 24.0 Å². The van der Waals surface area contributed by atoms with Crippen LogP contribution >= 0.6 is 11.8 Å². The van der Waals surface area contributed by atoms with Crippen LogP contribution in [0.3, 0.4) is 0 Å². The van der Waals surface area contributed by atoms with Crippen molar-refractivity contribution in [1.82, 2.24) is 0 Å². The number of thioether (sulfide) groups is 1. The molecule has 88 valence electrons. The van der Waals surface area contributed by atoms with Crippen LogP contribution in [0.25, 0.3) is 0 Å². The quantitative estimate of drug-likeness (QED) is 0.878. The number of hydrogen-bond acceptors (Lipinski definition) is 3. The molecule has 0 spiro atoms. The van der Waals surface area contributed by atoms with Crippen LogP contribution in [0.15, 0.2) is 18.2 Å². The molecule has 0 radical (unpaired) electrons. The molecule has 1 aromatic rings. The molecule has 0 aliphatic carbocycles. The number of methoxy groups -OCH3 is 1. The Morgan fingerprint density at radius 2 is 2.12 bits per heavy atom. The average molecular weight is 241 g/mol. The Hall–Kier alpha value is -0.900. The molecule has 1 saturated heterocycles. The lowest BCUT2D eigenvalue weighted by molar-refractivity contribution is 0.414. The first kappa shape index (κ1) is 11.6. The number of benzene rings is 1. The van der Waals surface area contributed by atoms with E-state index < -0.39 is 0 Å². The minimum Gasteiger partial charge on any atom is -0.497 e. The second-order valence-electron chi connectivity index (χ2n) is 3.88. The van der Waals surface area contributed by atoms with Crippen LogP contribution in [0.5, 0.6) is 5.75 Å². The first-order valence-electron chi connectivity index (χ1n) is 5.47. The molecule has 16 heavy (non-hydrogen) atoms. The SMILES string of the molecule is COc1ccc(F)c(NC2CCSCC2)c1. The van der Waals surface area contributed by atoms with Gasteiger partial charge in [0.15, 0.2) is 0 Å². The molecule has 1 heterocycles. The van der Waals surface area contributed by atoms with Crippen molar-refractivity contribution in [3.63, 3.8) is 0 Å². The lowest BCUT2D eigenvalue weighted by Gasteiger charge is -2.24. The van der Waals surface area contributed by atoms with E-state index >= 15 is 0 Å². The maximum Gasteiger partial charge on any atom is 0.146 e. The van der Waals surface area contributed by atoms with E-state index in [2.05, 4.69) is 5.32 Å². The van der Waals surface area contributed by atoms with Gasteiger partial charge in [-0.3, -0.25) is 0 Å². The van der Waals surface area contributed by atoms with E-state index in [1.54, 1.807) is 19.2 Å². The predicted octanol–water partition coefficient (Wildman–Crippen LogP) is 3.14. The van der Waals surface area contributed by atoms with Crippen molar-refractivity contribution in [1.29, 1.82) is 0 Å². The number of rotatable bonds is 3. The van der Waals surface area contributed by atoms with Crippen LogP contribution in [-0.2, 0) is 0 Å². The van der Waals surface area contributed by atoms with E-state index in [9.17, 15) is 4.39 Å². The highest BCUT2D eigenvalue weighted by Gasteiger charge is 2.15. The number of hydrogen-bond donors (Lipinski definition) is 1. The third-order valence-corrected chi connectivity index (χ3v) is 3.80. The largest absolute Gasteiger partial charge is 0.497 e. The van der Waals surface area contributed by atoms with Crippen LogP contribution in [0.1, 0.15) is 12.8 Å². The predicted molar refractivity (Wildman–Crippen MR) is 66.9 cm³/mol. The van der Waals surface area contributed by atoms with E-state index in [1.165, 1.54) is 6.07 Å². The van der Waals surface area contributed by atoms with Gasteiger partial charge in [0.25, 0.3) is 0 Å². The van der Waals surface area contributed by atoms with Gasteiger partial charge in [0.05, 0.1) is 12.8 Å². The summed E-state index contributed by atoms with van der Waals surface area (Å²) in [6, 6.07) is 5.19. The Bertz CT molecular complexity index is 353. The van der Waals surface area contributed by atoms with Gasteiger partial charge in [-0.05, 0) is 36.5 Å². The topological polar surface area (TPSA) is 21.3 Å². The van der Waals surface area contributed by atoms with Gasteiger partial charge in [-0.15, -0.1) is 0 Å². The van der Waals surface area contributed by atoms with Gasteiger partial charge in [-0.25, -0.2) is 4.39 Å². The zero-order valence-electron chi connectivity index (χ0n) is 9.33. The zero-order valence-corrected chi connectivity index (χ0v) is 10.1. The zero-order chi connectivity index (χ0) is 11.4. The normalized spacial score (nSPS) is 17.1. The summed E-state index contributed by atoms with van der Waals surface area (Å²) in [7, 11) is 1.59. The Kier molecular flexibility index (Phi) is 3.93. The summed E-state index contributed by atoms with van der Waals surface area (Å²) in [6.07, 6.45) is 2.20. The minimum absolute atomic E-state index is 0.209. The van der Waals surface area contributed by atoms with Gasteiger partial charge in [0.2, 0.25) is 0 Å². The summed E-state index contributed by atoms with van der Waals surface area (Å²) in [4.78, 5) is 0. The third kappa shape index (κ3) is 2.82. The summed E-state index contributed by atoms with van der Waals surface area (Å²) in [5, 5.41) is 3.26. The fraction of sp³-hybridized carbons (Fsp3) is 0.500. The monoisotopic (exact) mass is 241 g/mol. The number of nitrogens with one attached hydrogen (secondary N) is 1. The maximum absolute atomic E-state index is 13.5. The summed E-state index contributed by atoms with van der Waals surface area (Å²) in [5.41, 5.74) is 0.552. The molecule has 0 unspecified atom stereocenters. The number of ether oxygens (including phenoxy) is 1. The molecule has 1 N–H and O–H groups in total. The summed E-state index contributed by atoms with van der Waals surface area (Å²) in [6.45, 7) is 0. The minimum atomic E-state index is -0.209. The van der Waals surface area contributed by atoms with E-state index in [-0.39, 0.29) is 5.82 Å². The van der Waals surface area contributed by atoms with Gasteiger partial charge in [-0.1, -0.05) is 0 Å². The van der Waals surface area contributed by atoms with Crippen LogP contribution < -0.4 is 10.1 Å². The van der Waals surface area contributed by atoms with Gasteiger partial charge in [0.1, 0.15) is 11.6 Å². The summed E-state index contributed by atoms with van der Waals surface area (Å²) in [5.74, 6) is 2.79. The Morgan fingerprint density at radius 1 is 1.38 bits per heavy atom. The van der Waals surface area contributed by atoms with Gasteiger partial charge >= 0.3 is 0 Å². The fourth-order valence-electron chi connectivity index (χ4n) is 1.80. The fourth-order valence-corrected chi connectivity index (χ4v) is 2.91. The van der Waals surface area contributed by atoms with Gasteiger partial charge in [0, 0.05) is 12.1 Å². The molecule has 0 aromatic heterocycles. The van der Waals surface area contributed by atoms with Crippen LogP contribution in [0.2, 0.25) is 0 Å². The van der Waals surface area contributed by atoms with Crippen molar-refractivity contribution in [2.24, 2.45) is 0 Å². The molecule has 1 aliphatic rings. The summed E-state index contributed by atoms with van der Waals surface area (Å²) >= 11 is 1.96. The van der Waals surface area contributed by atoms with E-state index in [0.29, 0.717) is 17.5 Å². The second-order valence-corrected chi connectivity index (χ2v) is 5.10. The molecule has 4 heteroatoms. The number of anilines is 1. The van der Waals surface area contributed by atoms with Crippen molar-refractivity contribution in [2.75, 3.05) is 23.9 Å². The molecule has 0 atom stereocenters. The molecular formula is C12H16FNOS. The van der Waals surface area contributed by atoms with Crippen molar-refractivity contribution >= 4 is 17.4 Å². The van der Waals surface area contributed by atoms with Crippen LogP contribution in [0, 0.1) is 5.82 Å². The standard InChI is InChI=1S/C12H16FNOS/c1-15-10-2-3-11(13)12(8-10)14-9-4-6-16-7-5-9/h2-3,8-9,14H,4-7H2,1H3. The van der Waals surface area contributed by atoms with E-state index in [4.69, 9.17) is 4.74 Å². The highest BCUT2D eigenvalue weighted by atomic mass is 32.2. The molecule has 2 nitrogen and oxygen atoms in total. The van der Waals surface area contributed by atoms with E-state index in [1.807, 2.05) is 11.8 Å². The van der Waals surface area contributed by atoms with Gasteiger partial charge < -0.3 is 10.1 Å². The third-order valence-electron chi connectivity index (χ3n) is 2.75. The lowest BCUT2D eigenvalue weighted by atomic mass is 10.1. The average Bonchev–Trinajstić information content (AvgIpc) is 2.33. The first-order chi connectivity index (χ1) is 7.79. The Labute approximate surface area is 99.6 Å². The molecular weight excluding hydrogens is 225 g/mol. The molecule has 0 amide bonds. The smallest absolute Gasteiger partial charge is 0.146 e. The molecule has 1 fully saturated rings. The number of halogens is 1. The summed E-state index contributed by atoms with van der Waals surface area (Å²) < 4.78 is 18.6. The molecule has 0 bridgehead atoms. The van der Waals surface area contributed by atoms with Crippen LogP contribution in [-0.4, -0.2) is 24.7 Å². The highest BCUT2D eigenvalue weighted by Crippen LogP contribution is 2.25. The highest BCUT2D eigenvalue weighted by molar-refractivity contribution is 7.99. The molecule has 1 aliphatic heterocycles. The second kappa shape index (κ2) is 5.43. The molecule has 1 aromatic carbocycles. The lowest BCUT2D eigenvalue weighted by Crippen LogP contribution is -2.24. The molecule has 0 saturated carbocycles. The molecule has 2 rings (SSSR count). The van der Waals surface area contributed by atoms with Crippen LogP contribution in [0.4, 0.5) is 10.1 Å². The van der Waals surface area contributed by atoms with E-state index in [0.717, 1.165) is 24.3 Å². The van der Waals surface area contributed by atoms with Crippen molar-refractivity contribution in [3.8, 4) is 5.75 Å². The van der Waals surface area contributed by atoms with Crippen molar-refractivity contribution in [2.45, 2.75) is 18.9 Å². The van der Waals surface area contributed by atoms with Gasteiger partial charge in [-0.2, -0.15) is 11.8 Å².